The van der Waals surface area contributed by atoms with Crippen molar-refractivity contribution in [2.75, 3.05) is 13.7 Å². The van der Waals surface area contributed by atoms with Crippen molar-refractivity contribution in [2.24, 2.45) is 0 Å². The van der Waals surface area contributed by atoms with Crippen LogP contribution in [0.15, 0.2) is 35.1 Å². The van der Waals surface area contributed by atoms with Crippen LogP contribution in [0.3, 0.4) is 0 Å². The van der Waals surface area contributed by atoms with Crippen molar-refractivity contribution >= 4 is 6.09 Å². The number of carbonyl (C=O) groups excluding carboxylic acids is 1. The Morgan fingerprint density at radius 1 is 1.45 bits per heavy atom. The van der Waals surface area contributed by atoms with Gasteiger partial charge < -0.3 is 9.15 Å². The Balaban J connectivity index is 2.06. The summed E-state index contributed by atoms with van der Waals surface area (Å²) in [6, 6.07) is 5.59. The normalized spacial score (nSPS) is 17.7. The van der Waals surface area contributed by atoms with Crippen molar-refractivity contribution in [3.8, 4) is 0 Å². The highest BCUT2D eigenvalue weighted by Gasteiger charge is 2.35. The molecule has 20 heavy (non-hydrogen) atoms. The molecule has 1 atom stereocenters. The summed E-state index contributed by atoms with van der Waals surface area (Å²) in [7, 11) is 1.34. The standard InChI is InChI=1S/C14H13FN2O3/c1-19-14(18)17-7-6-11-12(16-8-20-11)13(17)9-2-4-10(15)5-3-9/h2-5,8,13H,6-7H2,1H3. The SMILES string of the molecule is COC(=O)N1CCc2ocnc2C1c1ccc(F)cc1. The second-order valence-corrected chi connectivity index (χ2v) is 4.53. The summed E-state index contributed by atoms with van der Waals surface area (Å²) < 4.78 is 23.2. The van der Waals surface area contributed by atoms with E-state index in [0.29, 0.717) is 18.7 Å². The molecule has 0 saturated heterocycles. The van der Waals surface area contributed by atoms with E-state index in [1.807, 2.05) is 0 Å². The number of oxazole rings is 1. The lowest BCUT2D eigenvalue weighted by Gasteiger charge is -2.33. The van der Waals surface area contributed by atoms with Crippen LogP contribution in [0.25, 0.3) is 0 Å². The quantitative estimate of drug-likeness (QED) is 0.803. The summed E-state index contributed by atoms with van der Waals surface area (Å²) in [6.45, 7) is 0.469. The average molecular weight is 276 g/mol. The van der Waals surface area contributed by atoms with E-state index in [1.54, 1.807) is 17.0 Å². The highest BCUT2D eigenvalue weighted by atomic mass is 19.1. The molecule has 0 fully saturated rings. The molecule has 1 amide bonds. The Morgan fingerprint density at radius 2 is 2.20 bits per heavy atom. The molecule has 1 aliphatic heterocycles. The summed E-state index contributed by atoms with van der Waals surface area (Å²) in [5.74, 6) is 0.425. The Morgan fingerprint density at radius 3 is 2.90 bits per heavy atom. The van der Waals surface area contributed by atoms with Gasteiger partial charge in [-0.2, -0.15) is 0 Å². The minimum atomic E-state index is -0.437. The number of rotatable bonds is 1. The van der Waals surface area contributed by atoms with Gasteiger partial charge in [0.05, 0.1) is 7.11 Å². The molecule has 1 aromatic heterocycles. The molecule has 3 rings (SSSR count). The second kappa shape index (κ2) is 4.96. The zero-order valence-electron chi connectivity index (χ0n) is 10.9. The molecule has 2 heterocycles. The van der Waals surface area contributed by atoms with Crippen LogP contribution in [0.2, 0.25) is 0 Å². The van der Waals surface area contributed by atoms with Crippen LogP contribution >= 0.6 is 0 Å². The molecule has 0 bridgehead atoms. The van der Waals surface area contributed by atoms with Gasteiger partial charge in [0.15, 0.2) is 6.39 Å². The smallest absolute Gasteiger partial charge is 0.410 e. The number of carbonyl (C=O) groups is 1. The maximum atomic E-state index is 13.1. The number of ether oxygens (including phenoxy) is 1. The van der Waals surface area contributed by atoms with Gasteiger partial charge in [0.1, 0.15) is 23.3 Å². The zero-order valence-corrected chi connectivity index (χ0v) is 10.9. The third kappa shape index (κ3) is 2.03. The second-order valence-electron chi connectivity index (χ2n) is 4.53. The van der Waals surface area contributed by atoms with E-state index in [9.17, 15) is 9.18 Å². The Bertz CT molecular complexity index is 624. The van der Waals surface area contributed by atoms with Crippen molar-refractivity contribution < 1.29 is 18.3 Å². The van der Waals surface area contributed by atoms with Gasteiger partial charge in [-0.15, -0.1) is 0 Å². The first-order valence-electron chi connectivity index (χ1n) is 6.23. The summed E-state index contributed by atoms with van der Waals surface area (Å²) in [5, 5.41) is 0. The fraction of sp³-hybridized carbons (Fsp3) is 0.286. The average Bonchev–Trinajstić information content (AvgIpc) is 2.95. The molecule has 5 nitrogen and oxygen atoms in total. The van der Waals surface area contributed by atoms with E-state index in [2.05, 4.69) is 4.98 Å². The van der Waals surface area contributed by atoms with Crippen LogP contribution in [-0.2, 0) is 11.2 Å². The van der Waals surface area contributed by atoms with Gasteiger partial charge in [0, 0.05) is 13.0 Å². The molecular formula is C14H13FN2O3. The zero-order chi connectivity index (χ0) is 14.1. The molecule has 104 valence electrons. The molecule has 1 aromatic carbocycles. The van der Waals surface area contributed by atoms with Crippen LogP contribution in [0.5, 0.6) is 0 Å². The van der Waals surface area contributed by atoms with Gasteiger partial charge in [0.2, 0.25) is 0 Å². The molecule has 1 unspecified atom stereocenters. The van der Waals surface area contributed by atoms with E-state index in [-0.39, 0.29) is 5.82 Å². The van der Waals surface area contributed by atoms with Gasteiger partial charge in [-0.1, -0.05) is 12.1 Å². The minimum absolute atomic E-state index is 0.324. The monoisotopic (exact) mass is 276 g/mol. The molecule has 6 heteroatoms. The first-order valence-corrected chi connectivity index (χ1v) is 6.23. The number of hydrogen-bond donors (Lipinski definition) is 0. The maximum Gasteiger partial charge on any atom is 0.410 e. The van der Waals surface area contributed by atoms with Crippen LogP contribution in [0.1, 0.15) is 23.1 Å². The Labute approximate surface area is 115 Å². The van der Waals surface area contributed by atoms with E-state index in [0.717, 1.165) is 11.3 Å². The third-order valence-electron chi connectivity index (χ3n) is 3.42. The molecule has 0 N–H and O–H groups in total. The molecule has 0 spiro atoms. The lowest BCUT2D eigenvalue weighted by atomic mass is 9.96. The van der Waals surface area contributed by atoms with Crippen molar-refractivity contribution in [2.45, 2.75) is 12.5 Å². The first kappa shape index (κ1) is 12.7. The topological polar surface area (TPSA) is 55.6 Å². The number of hydrogen-bond acceptors (Lipinski definition) is 4. The molecule has 1 aliphatic rings. The van der Waals surface area contributed by atoms with Gasteiger partial charge in [-0.05, 0) is 17.7 Å². The van der Waals surface area contributed by atoms with E-state index in [1.165, 1.54) is 25.6 Å². The Hall–Kier alpha value is -2.37. The molecule has 0 aliphatic carbocycles. The number of methoxy groups -OCH3 is 1. The Kier molecular flexibility index (Phi) is 3.14. The van der Waals surface area contributed by atoms with Crippen molar-refractivity contribution in [3.63, 3.8) is 0 Å². The lowest BCUT2D eigenvalue weighted by Crippen LogP contribution is -2.40. The van der Waals surface area contributed by atoms with E-state index in [4.69, 9.17) is 9.15 Å². The minimum Gasteiger partial charge on any atom is -0.453 e. The van der Waals surface area contributed by atoms with Crippen molar-refractivity contribution in [1.82, 2.24) is 9.88 Å². The molecule has 0 saturated carbocycles. The predicted octanol–water partition coefficient (Wildman–Crippen LogP) is 2.53. The first-order chi connectivity index (χ1) is 9.70. The number of nitrogens with zero attached hydrogens (tertiary/aromatic N) is 2. The highest BCUT2D eigenvalue weighted by molar-refractivity contribution is 5.69. The number of benzene rings is 1. The van der Waals surface area contributed by atoms with Gasteiger partial charge in [0.25, 0.3) is 0 Å². The van der Waals surface area contributed by atoms with Crippen LogP contribution in [0, 0.1) is 5.82 Å². The summed E-state index contributed by atoms with van der Waals surface area (Å²) in [4.78, 5) is 17.7. The molecule has 0 radical (unpaired) electrons. The maximum absolute atomic E-state index is 13.1. The summed E-state index contributed by atoms with van der Waals surface area (Å²) in [5.41, 5.74) is 1.44. The van der Waals surface area contributed by atoms with Crippen molar-refractivity contribution in [1.29, 1.82) is 0 Å². The summed E-state index contributed by atoms with van der Waals surface area (Å²) in [6.07, 6.45) is 1.51. The highest BCUT2D eigenvalue weighted by Crippen LogP contribution is 2.34. The predicted molar refractivity (Wildman–Crippen MR) is 67.6 cm³/mol. The van der Waals surface area contributed by atoms with Crippen LogP contribution in [-0.4, -0.2) is 29.6 Å². The van der Waals surface area contributed by atoms with Gasteiger partial charge in [-0.3, -0.25) is 4.90 Å². The fourth-order valence-electron chi connectivity index (χ4n) is 2.48. The molecular weight excluding hydrogens is 263 g/mol. The van der Waals surface area contributed by atoms with Crippen molar-refractivity contribution in [3.05, 3.63) is 53.5 Å². The van der Waals surface area contributed by atoms with Gasteiger partial charge in [-0.25, -0.2) is 14.2 Å². The largest absolute Gasteiger partial charge is 0.453 e. The summed E-state index contributed by atoms with van der Waals surface area (Å²) >= 11 is 0. The third-order valence-corrected chi connectivity index (χ3v) is 3.42. The number of halogens is 1. The van der Waals surface area contributed by atoms with E-state index >= 15 is 0 Å². The number of fused-ring (bicyclic) bond motifs is 1. The van der Waals surface area contributed by atoms with Crippen LogP contribution < -0.4 is 0 Å². The lowest BCUT2D eigenvalue weighted by molar-refractivity contribution is 0.106. The number of aromatic nitrogens is 1. The fourth-order valence-corrected chi connectivity index (χ4v) is 2.48. The molecule has 2 aromatic rings. The number of amides is 1. The van der Waals surface area contributed by atoms with Gasteiger partial charge >= 0.3 is 6.09 Å². The van der Waals surface area contributed by atoms with E-state index < -0.39 is 12.1 Å². The van der Waals surface area contributed by atoms with Crippen LogP contribution in [0.4, 0.5) is 9.18 Å².